The van der Waals surface area contributed by atoms with Crippen molar-refractivity contribution in [2.75, 3.05) is 6.61 Å². The third-order valence-corrected chi connectivity index (χ3v) is 4.64. The summed E-state index contributed by atoms with van der Waals surface area (Å²) in [5.41, 5.74) is 0.827. The maximum Gasteiger partial charge on any atom is 0.338 e. The second-order valence-corrected chi connectivity index (χ2v) is 6.94. The van der Waals surface area contributed by atoms with Crippen LogP contribution in [0.4, 0.5) is 5.69 Å². The molecule has 0 radical (unpaired) electrons. The molecule has 1 saturated heterocycles. The number of carboxylic acids is 1. The third-order valence-electron chi connectivity index (χ3n) is 3.73. The molecule has 0 saturated carbocycles. The highest BCUT2D eigenvalue weighted by Crippen LogP contribution is 2.30. The number of aromatic carboxylic acids is 1. The first-order chi connectivity index (χ1) is 13.5. The molecule has 8 heteroatoms. The molecule has 2 aromatic rings. The van der Waals surface area contributed by atoms with Crippen molar-refractivity contribution < 1.29 is 24.5 Å². The van der Waals surface area contributed by atoms with Crippen LogP contribution in [0.2, 0.25) is 0 Å². The molecular formula is C20H18N2O5S. The lowest BCUT2D eigenvalue weighted by atomic mass is 10.2. The van der Waals surface area contributed by atoms with Crippen LogP contribution in [0.5, 0.6) is 11.5 Å². The second-order valence-electron chi connectivity index (χ2n) is 5.91. The minimum atomic E-state index is -1.22. The lowest BCUT2D eigenvalue weighted by Gasteiger charge is -2.04. The lowest BCUT2D eigenvalue weighted by molar-refractivity contribution is -0.115. The summed E-state index contributed by atoms with van der Waals surface area (Å²) in [5, 5.41) is 21.6. The van der Waals surface area contributed by atoms with Crippen LogP contribution in [-0.4, -0.2) is 33.9 Å². The molecule has 1 heterocycles. The first-order valence-electron chi connectivity index (χ1n) is 8.55. The van der Waals surface area contributed by atoms with E-state index in [9.17, 15) is 19.8 Å². The molecule has 144 valence electrons. The van der Waals surface area contributed by atoms with E-state index in [2.05, 4.69) is 10.3 Å². The molecule has 0 bridgehead atoms. The molecule has 3 rings (SSSR count). The van der Waals surface area contributed by atoms with Crippen LogP contribution < -0.4 is 10.1 Å². The predicted octanol–water partition coefficient (Wildman–Crippen LogP) is 3.77. The number of aliphatic imine (C=N–C) groups is 1. The number of hydrogen-bond acceptors (Lipinski definition) is 6. The smallest absolute Gasteiger partial charge is 0.338 e. The molecule has 0 atom stereocenters. The van der Waals surface area contributed by atoms with E-state index in [4.69, 9.17) is 4.74 Å². The van der Waals surface area contributed by atoms with Crippen molar-refractivity contribution in [1.82, 2.24) is 5.32 Å². The van der Waals surface area contributed by atoms with Crippen LogP contribution in [0.1, 0.15) is 29.3 Å². The first kappa shape index (κ1) is 19.5. The van der Waals surface area contributed by atoms with Gasteiger partial charge in [-0.3, -0.25) is 4.79 Å². The summed E-state index contributed by atoms with van der Waals surface area (Å²) >= 11 is 1.11. The number of ether oxygens (including phenoxy) is 1. The van der Waals surface area contributed by atoms with Crippen LogP contribution in [-0.2, 0) is 4.79 Å². The SMILES string of the molecule is CCCOc1ccc(/C=C2\SC(=Nc3ccc(O)cc3C(=O)O)NC2=O)cc1. The number of rotatable bonds is 6. The number of amides is 1. The normalized spacial score (nSPS) is 16.4. The van der Waals surface area contributed by atoms with Crippen molar-refractivity contribution in [3.8, 4) is 11.5 Å². The van der Waals surface area contributed by atoms with E-state index in [0.717, 1.165) is 35.6 Å². The molecule has 7 nitrogen and oxygen atoms in total. The number of benzene rings is 2. The van der Waals surface area contributed by atoms with Crippen molar-refractivity contribution in [1.29, 1.82) is 0 Å². The summed E-state index contributed by atoms with van der Waals surface area (Å²) < 4.78 is 5.53. The molecule has 1 aliphatic rings. The Morgan fingerprint density at radius 3 is 2.68 bits per heavy atom. The Hall–Kier alpha value is -3.26. The number of phenolic OH excluding ortho intramolecular Hbond substituents is 1. The number of amidine groups is 1. The van der Waals surface area contributed by atoms with Crippen molar-refractivity contribution in [3.63, 3.8) is 0 Å². The summed E-state index contributed by atoms with van der Waals surface area (Å²) in [6.07, 6.45) is 2.65. The summed E-state index contributed by atoms with van der Waals surface area (Å²) in [6, 6.07) is 11.2. The van der Waals surface area contributed by atoms with Crippen LogP contribution in [0, 0.1) is 0 Å². The second kappa shape index (κ2) is 8.62. The van der Waals surface area contributed by atoms with E-state index in [1.165, 1.54) is 12.1 Å². The van der Waals surface area contributed by atoms with Crippen molar-refractivity contribution in [3.05, 3.63) is 58.5 Å². The maximum absolute atomic E-state index is 12.2. The molecule has 0 unspecified atom stereocenters. The third kappa shape index (κ3) is 4.72. The Balaban J connectivity index is 1.79. The molecule has 1 fully saturated rings. The molecule has 28 heavy (non-hydrogen) atoms. The van der Waals surface area contributed by atoms with Gasteiger partial charge in [-0.1, -0.05) is 19.1 Å². The van der Waals surface area contributed by atoms with Gasteiger partial charge in [0.1, 0.15) is 11.5 Å². The Labute approximate surface area is 165 Å². The molecule has 2 aromatic carbocycles. The topological polar surface area (TPSA) is 108 Å². The Morgan fingerprint density at radius 2 is 2.00 bits per heavy atom. The summed E-state index contributed by atoms with van der Waals surface area (Å²) in [7, 11) is 0. The van der Waals surface area contributed by atoms with E-state index in [0.29, 0.717) is 11.5 Å². The Morgan fingerprint density at radius 1 is 1.25 bits per heavy atom. The van der Waals surface area contributed by atoms with Gasteiger partial charge in [-0.15, -0.1) is 0 Å². The van der Waals surface area contributed by atoms with Gasteiger partial charge >= 0.3 is 5.97 Å². The number of thioether (sulfide) groups is 1. The summed E-state index contributed by atoms with van der Waals surface area (Å²) in [5.74, 6) is -0.934. The molecule has 0 aliphatic carbocycles. The minimum absolute atomic E-state index is 0.145. The van der Waals surface area contributed by atoms with Gasteiger partial charge in [0.25, 0.3) is 5.91 Å². The molecule has 1 amide bonds. The number of phenols is 1. The van der Waals surface area contributed by atoms with Crippen molar-refractivity contribution >= 4 is 40.6 Å². The summed E-state index contributed by atoms with van der Waals surface area (Å²) in [6.45, 7) is 2.68. The van der Waals surface area contributed by atoms with Crippen molar-refractivity contribution in [2.45, 2.75) is 13.3 Å². The number of aromatic hydroxyl groups is 1. The number of nitrogens with zero attached hydrogens (tertiary/aromatic N) is 1. The number of carbonyl (C=O) groups excluding carboxylic acids is 1. The summed E-state index contributed by atoms with van der Waals surface area (Å²) in [4.78, 5) is 28.2. The van der Waals surface area contributed by atoms with Gasteiger partial charge in [-0.2, -0.15) is 0 Å². The van der Waals surface area contributed by atoms with Gasteiger partial charge < -0.3 is 20.3 Å². The molecule has 0 aromatic heterocycles. The van der Waals surface area contributed by atoms with E-state index >= 15 is 0 Å². The van der Waals surface area contributed by atoms with Crippen LogP contribution in [0.15, 0.2) is 52.4 Å². The van der Waals surface area contributed by atoms with Crippen molar-refractivity contribution in [2.24, 2.45) is 4.99 Å². The van der Waals surface area contributed by atoms with Gasteiger partial charge in [0.15, 0.2) is 5.17 Å². The fraction of sp³-hybridized carbons (Fsp3) is 0.150. The standard InChI is InChI=1S/C20H18N2O5S/c1-2-9-27-14-6-3-12(4-7-14)10-17-18(24)22-20(28-17)21-16-8-5-13(23)11-15(16)19(25)26/h3-8,10-11,23H,2,9H2,1H3,(H,25,26)(H,21,22,24)/b17-10-. The highest BCUT2D eigenvalue weighted by molar-refractivity contribution is 8.18. The minimum Gasteiger partial charge on any atom is -0.508 e. The average Bonchev–Trinajstić information content (AvgIpc) is 3.01. The Kier molecular flexibility index (Phi) is 6.00. The Bertz CT molecular complexity index is 967. The zero-order chi connectivity index (χ0) is 20.1. The van der Waals surface area contributed by atoms with E-state index in [1.54, 1.807) is 6.08 Å². The van der Waals surface area contributed by atoms with Crippen LogP contribution in [0.25, 0.3) is 6.08 Å². The van der Waals surface area contributed by atoms with Crippen LogP contribution >= 0.6 is 11.8 Å². The molecule has 0 spiro atoms. The van der Waals surface area contributed by atoms with Crippen LogP contribution in [0.3, 0.4) is 0 Å². The first-order valence-corrected chi connectivity index (χ1v) is 9.36. The van der Waals surface area contributed by atoms with Gasteiger partial charge in [0.2, 0.25) is 0 Å². The van der Waals surface area contributed by atoms with E-state index < -0.39 is 5.97 Å². The fourth-order valence-corrected chi connectivity index (χ4v) is 3.25. The quantitative estimate of drug-likeness (QED) is 0.639. The zero-order valence-corrected chi connectivity index (χ0v) is 15.8. The molecular weight excluding hydrogens is 380 g/mol. The zero-order valence-electron chi connectivity index (χ0n) is 15.0. The van der Waals surface area contributed by atoms with E-state index in [-0.39, 0.29) is 28.1 Å². The highest BCUT2D eigenvalue weighted by Gasteiger charge is 2.24. The van der Waals surface area contributed by atoms with Gasteiger partial charge in [0, 0.05) is 0 Å². The fourth-order valence-electron chi connectivity index (χ4n) is 2.41. The predicted molar refractivity (Wildman–Crippen MR) is 108 cm³/mol. The average molecular weight is 398 g/mol. The maximum atomic E-state index is 12.2. The lowest BCUT2D eigenvalue weighted by Crippen LogP contribution is -2.19. The number of hydrogen-bond donors (Lipinski definition) is 3. The van der Waals surface area contributed by atoms with Gasteiger partial charge in [-0.25, -0.2) is 9.79 Å². The van der Waals surface area contributed by atoms with Gasteiger partial charge in [-0.05, 0) is 60.2 Å². The highest BCUT2D eigenvalue weighted by atomic mass is 32.2. The van der Waals surface area contributed by atoms with Gasteiger partial charge in [0.05, 0.1) is 22.8 Å². The molecule has 3 N–H and O–H groups in total. The van der Waals surface area contributed by atoms with E-state index in [1.807, 2.05) is 31.2 Å². The monoisotopic (exact) mass is 398 g/mol. The number of nitrogens with one attached hydrogen (secondary N) is 1. The number of carbonyl (C=O) groups is 2. The number of carboxylic acid groups (broad SMARTS) is 1. The molecule has 1 aliphatic heterocycles. The largest absolute Gasteiger partial charge is 0.508 e.